The first-order valence-electron chi connectivity index (χ1n) is 5.41. The van der Waals surface area contributed by atoms with Gasteiger partial charge in [0.2, 0.25) is 17.4 Å². The maximum absolute atomic E-state index is 13.5. The van der Waals surface area contributed by atoms with E-state index in [2.05, 4.69) is 4.74 Å². The van der Waals surface area contributed by atoms with Crippen LogP contribution in [0.1, 0.15) is 12.5 Å². The fraction of sp³-hybridized carbons (Fsp3) is 0.273. The molecule has 0 radical (unpaired) electrons. The number of carbonyl (C=O) groups excluding carboxylic acids is 2. The van der Waals surface area contributed by atoms with E-state index in [1.807, 2.05) is 0 Å². The van der Waals surface area contributed by atoms with E-state index in [4.69, 9.17) is 0 Å². The third-order valence-corrected chi connectivity index (χ3v) is 2.36. The average molecular weight is 309 g/mol. The van der Waals surface area contributed by atoms with Crippen molar-refractivity contribution in [1.82, 2.24) is 0 Å². The van der Waals surface area contributed by atoms with Crippen LogP contribution in [0.25, 0.3) is 0 Å². The van der Waals surface area contributed by atoms with Crippen molar-refractivity contribution in [1.29, 1.82) is 0 Å². The number of nitro benzene ring substituents is 1. The molecule has 0 bridgehead atoms. The lowest BCUT2D eigenvalue weighted by Gasteiger charge is -2.07. The zero-order chi connectivity index (χ0) is 16.3. The Labute approximate surface area is 114 Å². The van der Waals surface area contributed by atoms with E-state index < -0.39 is 57.6 Å². The molecule has 1 aromatic carbocycles. The summed E-state index contributed by atoms with van der Waals surface area (Å²) in [4.78, 5) is 31.5. The monoisotopic (exact) mass is 309 g/mol. The summed E-state index contributed by atoms with van der Waals surface area (Å²) >= 11 is 0. The van der Waals surface area contributed by atoms with E-state index in [-0.39, 0.29) is 6.61 Å². The van der Waals surface area contributed by atoms with E-state index >= 15 is 0 Å². The van der Waals surface area contributed by atoms with Crippen LogP contribution < -0.4 is 0 Å². The smallest absolute Gasteiger partial charge is 0.374 e. The van der Waals surface area contributed by atoms with Gasteiger partial charge in [-0.15, -0.1) is 0 Å². The molecule has 0 amide bonds. The Kier molecular flexibility index (Phi) is 4.95. The molecule has 10 heteroatoms. The highest BCUT2D eigenvalue weighted by Gasteiger charge is 2.34. The fourth-order valence-electron chi connectivity index (χ4n) is 1.46. The number of hydrogen-bond acceptors (Lipinski definition) is 5. The number of carbonyl (C=O) groups is 2. The highest BCUT2D eigenvalue weighted by Crippen LogP contribution is 2.30. The van der Waals surface area contributed by atoms with E-state index in [0.29, 0.717) is 0 Å². The highest BCUT2D eigenvalue weighted by atomic mass is 19.2. The predicted molar refractivity (Wildman–Crippen MR) is 58.3 cm³/mol. The summed E-state index contributed by atoms with van der Waals surface area (Å²) in [5.41, 5.74) is -3.11. The lowest BCUT2D eigenvalue weighted by molar-refractivity contribution is -0.388. The number of rotatable bonds is 5. The van der Waals surface area contributed by atoms with Gasteiger partial charge in [0.05, 0.1) is 23.5 Å². The largest absolute Gasteiger partial charge is 0.460 e. The van der Waals surface area contributed by atoms with Crippen LogP contribution in [0.15, 0.2) is 0 Å². The SMILES string of the molecule is CCOC(=O)C(=O)Cc1c(F)c(F)c(F)c(F)c1[N+](=O)[O-]. The summed E-state index contributed by atoms with van der Waals surface area (Å²) in [5, 5.41) is 10.6. The minimum Gasteiger partial charge on any atom is -0.460 e. The summed E-state index contributed by atoms with van der Waals surface area (Å²) in [5.74, 6) is -12.0. The number of hydrogen-bond donors (Lipinski definition) is 0. The number of nitrogens with zero attached hydrogens (tertiary/aromatic N) is 1. The molecular formula is C11H7F4NO5. The van der Waals surface area contributed by atoms with Gasteiger partial charge < -0.3 is 4.74 Å². The molecule has 0 saturated heterocycles. The first kappa shape index (κ1) is 16.5. The third-order valence-electron chi connectivity index (χ3n) is 2.36. The molecule has 0 fully saturated rings. The Morgan fingerprint density at radius 2 is 1.62 bits per heavy atom. The lowest BCUT2D eigenvalue weighted by atomic mass is 10.0. The molecule has 0 aliphatic heterocycles. The Balaban J connectivity index is 3.38. The van der Waals surface area contributed by atoms with Gasteiger partial charge in [-0.25, -0.2) is 18.0 Å². The van der Waals surface area contributed by atoms with E-state index in [1.54, 1.807) is 0 Å². The Morgan fingerprint density at radius 3 is 2.10 bits per heavy atom. The van der Waals surface area contributed by atoms with Crippen LogP contribution in [0.3, 0.4) is 0 Å². The zero-order valence-corrected chi connectivity index (χ0v) is 10.4. The summed E-state index contributed by atoms with van der Waals surface area (Å²) in [6, 6.07) is 0. The molecule has 0 saturated carbocycles. The summed E-state index contributed by atoms with van der Waals surface area (Å²) in [7, 11) is 0. The van der Waals surface area contributed by atoms with E-state index in [1.165, 1.54) is 6.92 Å². The number of Topliss-reactive ketones (excluding diaryl/α,β-unsaturated/α-hetero) is 1. The predicted octanol–water partition coefficient (Wildman–Crippen LogP) is 1.83. The Hall–Kier alpha value is -2.52. The maximum atomic E-state index is 13.5. The summed E-state index contributed by atoms with van der Waals surface area (Å²) in [6.45, 7) is 1.15. The molecule has 0 aliphatic rings. The van der Waals surface area contributed by atoms with Gasteiger partial charge >= 0.3 is 11.7 Å². The van der Waals surface area contributed by atoms with Crippen LogP contribution in [0.4, 0.5) is 23.2 Å². The number of ketones is 1. The van der Waals surface area contributed by atoms with E-state index in [0.717, 1.165) is 0 Å². The standard InChI is InChI=1S/C11H7F4NO5/c1-2-21-11(18)5(17)3-4-6(12)7(13)8(14)9(15)10(4)16(19)20/h2-3H2,1H3. The van der Waals surface area contributed by atoms with Gasteiger partial charge in [-0.05, 0) is 6.92 Å². The molecule has 0 atom stereocenters. The number of halogens is 4. The quantitative estimate of drug-likeness (QED) is 0.157. The molecule has 6 nitrogen and oxygen atoms in total. The normalized spacial score (nSPS) is 10.3. The van der Waals surface area contributed by atoms with Crippen molar-refractivity contribution in [3.05, 3.63) is 38.9 Å². The fourth-order valence-corrected chi connectivity index (χ4v) is 1.46. The summed E-state index contributed by atoms with van der Waals surface area (Å²) < 4.78 is 57.0. The molecule has 0 aliphatic carbocycles. The van der Waals surface area contributed by atoms with Gasteiger partial charge in [-0.3, -0.25) is 14.9 Å². The zero-order valence-electron chi connectivity index (χ0n) is 10.4. The second kappa shape index (κ2) is 6.29. The molecule has 0 aromatic heterocycles. The van der Waals surface area contributed by atoms with Crippen molar-refractivity contribution < 1.29 is 36.8 Å². The number of esters is 1. The van der Waals surface area contributed by atoms with Crippen molar-refractivity contribution in [2.75, 3.05) is 6.61 Å². The molecule has 21 heavy (non-hydrogen) atoms. The molecule has 0 unspecified atom stereocenters. The third kappa shape index (κ3) is 3.15. The average Bonchev–Trinajstić information content (AvgIpc) is 2.42. The number of ether oxygens (including phenoxy) is 1. The number of nitro groups is 1. The molecule has 0 heterocycles. The molecule has 0 N–H and O–H groups in total. The van der Waals surface area contributed by atoms with Crippen LogP contribution in [-0.2, 0) is 20.7 Å². The van der Waals surface area contributed by atoms with E-state index in [9.17, 15) is 37.3 Å². The van der Waals surface area contributed by atoms with Crippen LogP contribution in [0.2, 0.25) is 0 Å². The maximum Gasteiger partial charge on any atom is 0.374 e. The van der Waals surface area contributed by atoms with Gasteiger partial charge in [0.25, 0.3) is 0 Å². The highest BCUT2D eigenvalue weighted by molar-refractivity contribution is 6.34. The van der Waals surface area contributed by atoms with Crippen molar-refractivity contribution in [3.63, 3.8) is 0 Å². The lowest BCUT2D eigenvalue weighted by Crippen LogP contribution is -2.21. The number of benzene rings is 1. The second-order valence-corrected chi connectivity index (χ2v) is 3.66. The molecule has 1 aromatic rings. The Morgan fingerprint density at radius 1 is 1.10 bits per heavy atom. The van der Waals surface area contributed by atoms with Gasteiger partial charge in [0.15, 0.2) is 11.6 Å². The Bertz CT molecular complexity index is 632. The first-order chi connectivity index (χ1) is 9.72. The minimum absolute atomic E-state index is 0.207. The van der Waals surface area contributed by atoms with Crippen LogP contribution in [0, 0.1) is 33.4 Å². The molecule has 0 spiro atoms. The van der Waals surface area contributed by atoms with Gasteiger partial charge in [-0.1, -0.05) is 0 Å². The second-order valence-electron chi connectivity index (χ2n) is 3.66. The first-order valence-corrected chi connectivity index (χ1v) is 5.41. The van der Waals surface area contributed by atoms with Crippen LogP contribution in [0.5, 0.6) is 0 Å². The van der Waals surface area contributed by atoms with Gasteiger partial charge in [0.1, 0.15) is 0 Å². The van der Waals surface area contributed by atoms with Crippen molar-refractivity contribution in [3.8, 4) is 0 Å². The van der Waals surface area contributed by atoms with Crippen molar-refractivity contribution in [2.45, 2.75) is 13.3 Å². The minimum atomic E-state index is -2.38. The van der Waals surface area contributed by atoms with Crippen molar-refractivity contribution in [2.24, 2.45) is 0 Å². The van der Waals surface area contributed by atoms with Gasteiger partial charge in [0, 0.05) is 0 Å². The van der Waals surface area contributed by atoms with Crippen LogP contribution >= 0.6 is 0 Å². The topological polar surface area (TPSA) is 86.5 Å². The van der Waals surface area contributed by atoms with Gasteiger partial charge in [-0.2, -0.15) is 4.39 Å². The summed E-state index contributed by atoms with van der Waals surface area (Å²) in [6.07, 6.45) is -1.34. The van der Waals surface area contributed by atoms with Crippen molar-refractivity contribution >= 4 is 17.4 Å². The molecule has 1 rings (SSSR count). The molecular weight excluding hydrogens is 302 g/mol. The van der Waals surface area contributed by atoms with Crippen LogP contribution in [-0.4, -0.2) is 23.3 Å². The molecule has 114 valence electrons.